The Morgan fingerprint density at radius 2 is 2.00 bits per heavy atom. The van der Waals surface area contributed by atoms with Crippen LogP contribution in [0.1, 0.15) is 16.8 Å². The van der Waals surface area contributed by atoms with E-state index < -0.39 is 21.4 Å². The Balaban J connectivity index is 2.73. The molecule has 1 aromatic carbocycles. The zero-order valence-corrected chi connectivity index (χ0v) is 12.7. The monoisotopic (exact) mass is 324 g/mol. The highest BCUT2D eigenvalue weighted by molar-refractivity contribution is 7.92. The van der Waals surface area contributed by atoms with Crippen molar-refractivity contribution in [3.63, 3.8) is 0 Å². The van der Waals surface area contributed by atoms with E-state index in [9.17, 15) is 13.2 Å². The van der Waals surface area contributed by atoms with Gasteiger partial charge in [0.15, 0.2) is 15.6 Å². The van der Waals surface area contributed by atoms with E-state index in [-0.39, 0.29) is 16.3 Å². The molecule has 4 nitrogen and oxygen atoms in total. The third-order valence-electron chi connectivity index (χ3n) is 2.39. The largest absolute Gasteiger partial charge is 0.385 e. The normalized spacial score (nSPS) is 11.5. The van der Waals surface area contributed by atoms with E-state index in [1.807, 2.05) is 0 Å². The van der Waals surface area contributed by atoms with Crippen LogP contribution in [0.5, 0.6) is 0 Å². The van der Waals surface area contributed by atoms with Crippen LogP contribution in [0.25, 0.3) is 0 Å². The van der Waals surface area contributed by atoms with Crippen LogP contribution in [0.3, 0.4) is 0 Å². The summed E-state index contributed by atoms with van der Waals surface area (Å²) in [7, 11) is -1.96. The lowest BCUT2D eigenvalue weighted by molar-refractivity contribution is 0.102. The molecule has 0 radical (unpaired) electrons. The number of halogens is 2. The number of carbonyl (C=O) groups excluding carboxylic acids is 1. The molecule has 0 aliphatic heterocycles. The highest BCUT2D eigenvalue weighted by atomic mass is 35.5. The molecule has 0 aliphatic rings. The van der Waals surface area contributed by atoms with Gasteiger partial charge in [-0.3, -0.25) is 4.79 Å². The van der Waals surface area contributed by atoms with Crippen molar-refractivity contribution in [2.45, 2.75) is 6.42 Å². The van der Waals surface area contributed by atoms with Crippen molar-refractivity contribution in [3.05, 3.63) is 33.8 Å². The number of Topliss-reactive ketones (excluding diaryl/α,β-unsaturated/α-hetero) is 1. The third kappa shape index (κ3) is 5.48. The van der Waals surface area contributed by atoms with Gasteiger partial charge in [0.05, 0.1) is 10.8 Å². The van der Waals surface area contributed by atoms with Crippen molar-refractivity contribution >= 4 is 38.8 Å². The zero-order valence-electron chi connectivity index (χ0n) is 10.4. The van der Waals surface area contributed by atoms with Gasteiger partial charge in [-0.05, 0) is 24.6 Å². The summed E-state index contributed by atoms with van der Waals surface area (Å²) in [6, 6.07) is 4.34. The molecule has 0 amide bonds. The Labute approximate surface area is 122 Å². The van der Waals surface area contributed by atoms with E-state index >= 15 is 0 Å². The Hall–Kier alpha value is -0.620. The van der Waals surface area contributed by atoms with Crippen molar-refractivity contribution in [2.24, 2.45) is 0 Å². The molecule has 1 rings (SSSR count). The highest BCUT2D eigenvalue weighted by Gasteiger charge is 2.19. The van der Waals surface area contributed by atoms with Crippen molar-refractivity contribution in [1.29, 1.82) is 0 Å². The van der Waals surface area contributed by atoms with Crippen LogP contribution in [0.2, 0.25) is 10.0 Å². The summed E-state index contributed by atoms with van der Waals surface area (Å²) >= 11 is 11.6. The first kappa shape index (κ1) is 16.4. The molecule has 0 atom stereocenters. The quantitative estimate of drug-likeness (QED) is 0.571. The second kappa shape index (κ2) is 7.24. The van der Waals surface area contributed by atoms with E-state index in [2.05, 4.69) is 0 Å². The molecule has 7 heteroatoms. The van der Waals surface area contributed by atoms with Gasteiger partial charge in [-0.15, -0.1) is 0 Å². The highest BCUT2D eigenvalue weighted by Crippen LogP contribution is 2.21. The molecule has 106 valence electrons. The zero-order chi connectivity index (χ0) is 14.5. The van der Waals surface area contributed by atoms with Crippen LogP contribution in [0.4, 0.5) is 0 Å². The molecule has 0 saturated carbocycles. The first-order chi connectivity index (χ1) is 8.85. The van der Waals surface area contributed by atoms with Gasteiger partial charge in [-0.2, -0.15) is 0 Å². The van der Waals surface area contributed by atoms with Crippen LogP contribution in [0, 0.1) is 0 Å². The van der Waals surface area contributed by atoms with E-state index in [0.29, 0.717) is 18.1 Å². The van der Waals surface area contributed by atoms with Gasteiger partial charge >= 0.3 is 0 Å². The molecule has 0 unspecified atom stereocenters. The summed E-state index contributed by atoms with van der Waals surface area (Å²) in [5, 5.41) is 0.550. The van der Waals surface area contributed by atoms with Crippen LogP contribution in [0.15, 0.2) is 18.2 Å². The molecule has 0 spiro atoms. The van der Waals surface area contributed by atoms with Gasteiger partial charge < -0.3 is 4.74 Å². The molecule has 0 aliphatic carbocycles. The lowest BCUT2D eigenvalue weighted by Gasteiger charge is -2.05. The van der Waals surface area contributed by atoms with Gasteiger partial charge in [0.25, 0.3) is 0 Å². The molecule has 0 heterocycles. The maximum absolute atomic E-state index is 11.9. The van der Waals surface area contributed by atoms with E-state index in [1.165, 1.54) is 25.3 Å². The number of methoxy groups -OCH3 is 1. The molecule has 0 bridgehead atoms. The number of hydrogen-bond donors (Lipinski definition) is 0. The van der Waals surface area contributed by atoms with Crippen molar-refractivity contribution in [3.8, 4) is 0 Å². The fraction of sp³-hybridized carbons (Fsp3) is 0.417. The first-order valence-electron chi connectivity index (χ1n) is 5.53. The summed E-state index contributed by atoms with van der Waals surface area (Å²) in [5.74, 6) is -1.17. The first-order valence-corrected chi connectivity index (χ1v) is 8.11. The molecule has 0 aromatic heterocycles. The number of rotatable bonds is 7. The number of ether oxygens (including phenoxy) is 1. The second-order valence-electron chi connectivity index (χ2n) is 3.99. The molecular formula is C12H14Cl2O4S. The molecule has 0 N–H and O–H groups in total. The summed E-state index contributed by atoms with van der Waals surface area (Å²) in [6.45, 7) is 0.342. The average Bonchev–Trinajstić information content (AvgIpc) is 2.28. The van der Waals surface area contributed by atoms with Crippen molar-refractivity contribution < 1.29 is 17.9 Å². The minimum atomic E-state index is -3.45. The van der Waals surface area contributed by atoms with Gasteiger partial charge in [-0.1, -0.05) is 23.2 Å². The summed E-state index contributed by atoms with van der Waals surface area (Å²) in [4.78, 5) is 11.9. The Kier molecular flexibility index (Phi) is 6.26. The van der Waals surface area contributed by atoms with Gasteiger partial charge in [-0.25, -0.2) is 8.42 Å². The number of hydrogen-bond acceptors (Lipinski definition) is 4. The summed E-state index contributed by atoms with van der Waals surface area (Å²) in [5.41, 5.74) is 0.168. The molecule has 0 fully saturated rings. The Bertz CT molecular complexity index is 555. The number of ketones is 1. The van der Waals surface area contributed by atoms with Crippen LogP contribution < -0.4 is 0 Å². The van der Waals surface area contributed by atoms with Gasteiger partial charge in [0.1, 0.15) is 5.75 Å². The molecule has 1 aromatic rings. The van der Waals surface area contributed by atoms with Gasteiger partial charge in [0.2, 0.25) is 0 Å². The molecular weight excluding hydrogens is 311 g/mol. The van der Waals surface area contributed by atoms with E-state index in [1.54, 1.807) is 0 Å². The van der Waals surface area contributed by atoms with E-state index in [0.717, 1.165) is 0 Å². The maximum Gasteiger partial charge on any atom is 0.179 e. The SMILES string of the molecule is COCCCS(=O)(=O)CC(=O)c1ccc(Cl)cc1Cl. The average molecular weight is 325 g/mol. The standard InChI is InChI=1S/C12H14Cl2O4S/c1-18-5-2-6-19(16,17)8-12(15)10-4-3-9(13)7-11(10)14/h3-4,7H,2,5-6,8H2,1H3. The van der Waals surface area contributed by atoms with Gasteiger partial charge in [0, 0.05) is 24.3 Å². The third-order valence-corrected chi connectivity index (χ3v) is 4.55. The van der Waals surface area contributed by atoms with Crippen LogP contribution >= 0.6 is 23.2 Å². The number of sulfone groups is 1. The number of benzene rings is 1. The Morgan fingerprint density at radius 3 is 2.58 bits per heavy atom. The fourth-order valence-corrected chi connectivity index (χ4v) is 3.26. The fourth-order valence-electron chi connectivity index (χ4n) is 1.49. The minimum Gasteiger partial charge on any atom is -0.385 e. The van der Waals surface area contributed by atoms with Crippen molar-refractivity contribution in [2.75, 3.05) is 25.2 Å². The van der Waals surface area contributed by atoms with E-state index in [4.69, 9.17) is 27.9 Å². The second-order valence-corrected chi connectivity index (χ2v) is 7.01. The topological polar surface area (TPSA) is 60.4 Å². The van der Waals surface area contributed by atoms with Crippen molar-refractivity contribution in [1.82, 2.24) is 0 Å². The lowest BCUT2D eigenvalue weighted by Crippen LogP contribution is -2.20. The lowest BCUT2D eigenvalue weighted by atomic mass is 10.1. The summed E-state index contributed by atoms with van der Waals surface area (Å²) in [6.07, 6.45) is 0.362. The summed E-state index contributed by atoms with van der Waals surface area (Å²) < 4.78 is 28.2. The van der Waals surface area contributed by atoms with Crippen LogP contribution in [-0.2, 0) is 14.6 Å². The smallest absolute Gasteiger partial charge is 0.179 e. The molecule has 0 saturated heterocycles. The predicted octanol–water partition coefficient (Wildman–Crippen LogP) is 2.63. The predicted molar refractivity (Wildman–Crippen MR) is 75.9 cm³/mol. The molecule has 19 heavy (non-hydrogen) atoms. The maximum atomic E-state index is 11.9. The Morgan fingerprint density at radius 1 is 1.32 bits per heavy atom. The number of carbonyl (C=O) groups is 1. The minimum absolute atomic E-state index is 0.0855. The van der Waals surface area contributed by atoms with Crippen LogP contribution in [-0.4, -0.2) is 39.4 Å².